The molecule has 0 radical (unpaired) electrons. The zero-order valence-corrected chi connectivity index (χ0v) is 9.14. The quantitative estimate of drug-likeness (QED) is 0.487. The van der Waals surface area contributed by atoms with Gasteiger partial charge in [-0.3, -0.25) is 0 Å². The number of carbonyl (C=O) groups is 1. The number of esters is 1. The number of carbonyl (C=O) groups excluding carboxylic acids is 1. The summed E-state index contributed by atoms with van der Waals surface area (Å²) in [4.78, 5) is 11.3. The summed E-state index contributed by atoms with van der Waals surface area (Å²) in [5.74, 6) is -0.604. The van der Waals surface area contributed by atoms with E-state index in [1.54, 1.807) is 11.8 Å². The average Bonchev–Trinajstić information content (AvgIpc) is 2.17. The van der Waals surface area contributed by atoms with Gasteiger partial charge in [-0.1, -0.05) is 0 Å². The monoisotopic (exact) mass is 229 g/mol. The van der Waals surface area contributed by atoms with Crippen LogP contribution in [0.4, 0.5) is 10.1 Å². The Kier molecular flexibility index (Phi) is 4.42. The highest BCUT2D eigenvalue weighted by Crippen LogP contribution is 2.12. The first-order chi connectivity index (χ1) is 7.15. The van der Waals surface area contributed by atoms with Crippen molar-refractivity contribution < 1.29 is 13.9 Å². The topological polar surface area (TPSA) is 52.3 Å². The van der Waals surface area contributed by atoms with Gasteiger partial charge in [0.05, 0.1) is 5.56 Å². The molecule has 0 saturated heterocycles. The van der Waals surface area contributed by atoms with E-state index >= 15 is 0 Å². The molecular weight excluding hydrogens is 217 g/mol. The molecule has 0 saturated carbocycles. The number of ether oxygens (including phenoxy) is 1. The van der Waals surface area contributed by atoms with Crippen LogP contribution in [-0.4, -0.2) is 24.6 Å². The molecule has 2 N–H and O–H groups in total. The van der Waals surface area contributed by atoms with Crippen molar-refractivity contribution in [2.75, 3.05) is 24.3 Å². The molecule has 0 aromatic heterocycles. The second-order valence-corrected chi connectivity index (χ2v) is 3.85. The van der Waals surface area contributed by atoms with Gasteiger partial charge in [-0.2, -0.15) is 11.8 Å². The molecule has 0 aliphatic carbocycles. The molecule has 0 unspecified atom stereocenters. The fraction of sp³-hybridized carbons (Fsp3) is 0.300. The third-order valence-electron chi connectivity index (χ3n) is 1.73. The molecule has 0 bridgehead atoms. The Morgan fingerprint density at radius 2 is 2.33 bits per heavy atom. The van der Waals surface area contributed by atoms with Crippen molar-refractivity contribution in [1.82, 2.24) is 0 Å². The van der Waals surface area contributed by atoms with Crippen LogP contribution in [0, 0.1) is 5.82 Å². The lowest BCUT2D eigenvalue weighted by Gasteiger charge is -2.04. The standard InChI is InChI=1S/C10H12FNO2S/c1-15-5-4-14-10(13)8-3-2-7(12)6-9(8)11/h2-3,6H,4-5,12H2,1H3. The van der Waals surface area contributed by atoms with E-state index in [0.29, 0.717) is 5.75 Å². The maximum Gasteiger partial charge on any atom is 0.341 e. The molecule has 0 fully saturated rings. The lowest BCUT2D eigenvalue weighted by Crippen LogP contribution is -2.10. The first-order valence-corrected chi connectivity index (χ1v) is 5.75. The van der Waals surface area contributed by atoms with Crippen molar-refractivity contribution in [2.45, 2.75) is 0 Å². The van der Waals surface area contributed by atoms with Crippen molar-refractivity contribution in [3.63, 3.8) is 0 Å². The number of halogens is 1. The van der Waals surface area contributed by atoms with Crippen LogP contribution < -0.4 is 5.73 Å². The Balaban J connectivity index is 2.65. The van der Waals surface area contributed by atoms with Crippen molar-refractivity contribution in [1.29, 1.82) is 0 Å². The molecule has 0 aliphatic heterocycles. The van der Waals surface area contributed by atoms with E-state index in [1.165, 1.54) is 12.1 Å². The maximum atomic E-state index is 13.2. The molecule has 0 aliphatic rings. The third kappa shape index (κ3) is 3.43. The Morgan fingerprint density at radius 3 is 2.93 bits per heavy atom. The van der Waals surface area contributed by atoms with Crippen LogP contribution in [-0.2, 0) is 4.74 Å². The van der Waals surface area contributed by atoms with E-state index in [4.69, 9.17) is 10.5 Å². The molecule has 0 amide bonds. The van der Waals surface area contributed by atoms with E-state index in [-0.39, 0.29) is 17.9 Å². The van der Waals surface area contributed by atoms with Gasteiger partial charge < -0.3 is 10.5 Å². The lowest BCUT2D eigenvalue weighted by atomic mass is 10.2. The second kappa shape index (κ2) is 5.60. The second-order valence-electron chi connectivity index (χ2n) is 2.87. The molecular formula is C10H12FNO2S. The Labute approximate surface area is 91.8 Å². The molecule has 0 heterocycles. The van der Waals surface area contributed by atoms with E-state index in [9.17, 15) is 9.18 Å². The largest absolute Gasteiger partial charge is 0.461 e. The molecule has 82 valence electrons. The summed E-state index contributed by atoms with van der Waals surface area (Å²) < 4.78 is 18.1. The van der Waals surface area contributed by atoms with Gasteiger partial charge in [0.25, 0.3) is 0 Å². The number of nitrogens with two attached hydrogens (primary N) is 1. The molecule has 15 heavy (non-hydrogen) atoms. The Morgan fingerprint density at radius 1 is 1.60 bits per heavy atom. The molecule has 1 aromatic rings. The number of hydrogen-bond acceptors (Lipinski definition) is 4. The van der Waals surface area contributed by atoms with Gasteiger partial charge in [-0.25, -0.2) is 9.18 Å². The predicted octanol–water partition coefficient (Wildman–Crippen LogP) is 1.93. The van der Waals surface area contributed by atoms with Gasteiger partial charge >= 0.3 is 5.97 Å². The number of anilines is 1. The number of benzene rings is 1. The smallest absolute Gasteiger partial charge is 0.341 e. The van der Waals surface area contributed by atoms with Crippen LogP contribution in [0.25, 0.3) is 0 Å². The summed E-state index contributed by atoms with van der Waals surface area (Å²) in [6.07, 6.45) is 1.90. The number of nitrogen functional groups attached to an aromatic ring is 1. The normalized spacial score (nSPS) is 10.0. The molecule has 0 spiro atoms. The first-order valence-electron chi connectivity index (χ1n) is 4.36. The van der Waals surface area contributed by atoms with Gasteiger partial charge in [0.15, 0.2) is 0 Å². The minimum Gasteiger partial charge on any atom is -0.461 e. The SMILES string of the molecule is CSCCOC(=O)c1ccc(N)cc1F. The van der Waals surface area contributed by atoms with Crippen LogP contribution in [0.15, 0.2) is 18.2 Å². The van der Waals surface area contributed by atoms with E-state index in [0.717, 1.165) is 6.07 Å². The van der Waals surface area contributed by atoms with Crippen molar-refractivity contribution in [3.05, 3.63) is 29.6 Å². The number of hydrogen-bond donors (Lipinski definition) is 1. The molecule has 0 atom stereocenters. The summed E-state index contributed by atoms with van der Waals surface area (Å²) in [5, 5.41) is 0. The molecule has 3 nitrogen and oxygen atoms in total. The van der Waals surface area contributed by atoms with Gasteiger partial charge in [0, 0.05) is 11.4 Å². The minimum atomic E-state index is -0.651. The van der Waals surface area contributed by atoms with Crippen molar-refractivity contribution in [2.24, 2.45) is 0 Å². The van der Waals surface area contributed by atoms with E-state index < -0.39 is 11.8 Å². The summed E-state index contributed by atoms with van der Waals surface area (Å²) in [7, 11) is 0. The van der Waals surface area contributed by atoms with E-state index in [2.05, 4.69) is 0 Å². The van der Waals surface area contributed by atoms with Gasteiger partial charge in [0.1, 0.15) is 12.4 Å². The van der Waals surface area contributed by atoms with Gasteiger partial charge in [0.2, 0.25) is 0 Å². The number of rotatable bonds is 4. The van der Waals surface area contributed by atoms with Gasteiger partial charge in [-0.15, -0.1) is 0 Å². The fourth-order valence-corrected chi connectivity index (χ4v) is 1.24. The highest BCUT2D eigenvalue weighted by atomic mass is 32.2. The van der Waals surface area contributed by atoms with Crippen LogP contribution in [0.2, 0.25) is 0 Å². The molecule has 1 aromatic carbocycles. The van der Waals surface area contributed by atoms with Gasteiger partial charge in [-0.05, 0) is 24.5 Å². The van der Waals surface area contributed by atoms with Crippen molar-refractivity contribution >= 4 is 23.4 Å². The van der Waals surface area contributed by atoms with Crippen LogP contribution in [0.3, 0.4) is 0 Å². The summed E-state index contributed by atoms with van der Waals surface area (Å²) in [5.41, 5.74) is 5.56. The minimum absolute atomic E-state index is 0.0784. The highest BCUT2D eigenvalue weighted by molar-refractivity contribution is 7.98. The highest BCUT2D eigenvalue weighted by Gasteiger charge is 2.12. The summed E-state index contributed by atoms with van der Waals surface area (Å²) >= 11 is 1.55. The average molecular weight is 229 g/mol. The zero-order chi connectivity index (χ0) is 11.3. The predicted molar refractivity (Wildman–Crippen MR) is 59.5 cm³/mol. The van der Waals surface area contributed by atoms with Crippen molar-refractivity contribution in [3.8, 4) is 0 Å². The van der Waals surface area contributed by atoms with E-state index in [1.807, 2.05) is 6.26 Å². The fourth-order valence-electron chi connectivity index (χ4n) is 0.992. The van der Waals surface area contributed by atoms with Crippen LogP contribution >= 0.6 is 11.8 Å². The van der Waals surface area contributed by atoms with Crippen LogP contribution in [0.1, 0.15) is 10.4 Å². The summed E-state index contributed by atoms with van der Waals surface area (Å²) in [6.45, 7) is 0.282. The lowest BCUT2D eigenvalue weighted by molar-refractivity contribution is 0.0525. The Hall–Kier alpha value is -1.23. The number of thioether (sulfide) groups is 1. The third-order valence-corrected chi connectivity index (χ3v) is 2.31. The maximum absolute atomic E-state index is 13.2. The molecule has 1 rings (SSSR count). The molecule has 5 heteroatoms. The first kappa shape index (κ1) is 11.8. The van der Waals surface area contributed by atoms with Crippen LogP contribution in [0.5, 0.6) is 0 Å². The Bertz CT molecular complexity index is 357. The summed E-state index contributed by atoms with van der Waals surface area (Å²) in [6, 6.07) is 3.89. The zero-order valence-electron chi connectivity index (χ0n) is 8.33.